The number of thioether (sulfide) groups is 1. The molecule has 1 aromatic heterocycles. The minimum Gasteiger partial charge on any atom is -0.483 e. The molecular weight excluding hydrogens is 696 g/mol. The molecule has 244 valence electrons. The summed E-state index contributed by atoms with van der Waals surface area (Å²) in [5.74, 6) is -4.96. The second-order valence-electron chi connectivity index (χ2n) is 10.4. The van der Waals surface area contributed by atoms with Crippen molar-refractivity contribution in [1.29, 1.82) is 0 Å². The van der Waals surface area contributed by atoms with Crippen LogP contribution in [0.4, 0.5) is 37.7 Å². The van der Waals surface area contributed by atoms with Gasteiger partial charge in [-0.3, -0.25) is 19.2 Å². The first kappa shape index (κ1) is 32.7. The first-order valence-electron chi connectivity index (χ1n) is 13.5. The van der Waals surface area contributed by atoms with Crippen molar-refractivity contribution in [2.45, 2.75) is 28.5 Å². The highest BCUT2D eigenvalue weighted by Gasteiger charge is 2.57. The minimum absolute atomic E-state index is 0.0335. The summed E-state index contributed by atoms with van der Waals surface area (Å²) in [7, 11) is 0. The molecule has 4 aromatic rings. The summed E-state index contributed by atoms with van der Waals surface area (Å²) < 4.78 is 86.4. The summed E-state index contributed by atoms with van der Waals surface area (Å²) in [5.41, 5.74) is -2.77. The quantitative estimate of drug-likeness (QED) is 0.166. The van der Waals surface area contributed by atoms with Crippen molar-refractivity contribution < 1.29 is 45.5 Å². The number of fused-ring (bicyclic) bond motifs is 2. The van der Waals surface area contributed by atoms with Crippen LogP contribution in [-0.4, -0.2) is 34.6 Å². The SMILES string of the molecule is O=C(COc1ccc(Cl)cc1[C@@H]1c2sc(=O)[nH]c2S[C@H]2C(=O)N(c3cccc(C(F)(F)F)c3)C(=O)[C@@H]12)Nc1ccccc1C(F)(F)F. The summed E-state index contributed by atoms with van der Waals surface area (Å²) in [6, 6.07) is 12.2. The van der Waals surface area contributed by atoms with Crippen LogP contribution in [0.25, 0.3) is 0 Å². The molecule has 0 spiro atoms. The number of carbonyl (C=O) groups is 3. The van der Waals surface area contributed by atoms with E-state index in [4.69, 9.17) is 16.3 Å². The number of para-hydroxylation sites is 1. The van der Waals surface area contributed by atoms with Crippen molar-refractivity contribution in [3.63, 3.8) is 0 Å². The normalized spacial score (nSPS) is 19.4. The number of amides is 3. The molecule has 8 nitrogen and oxygen atoms in total. The van der Waals surface area contributed by atoms with Crippen molar-refractivity contribution in [1.82, 2.24) is 4.98 Å². The molecule has 0 radical (unpaired) electrons. The number of aromatic nitrogens is 1. The number of thiazole rings is 1. The van der Waals surface area contributed by atoms with Gasteiger partial charge in [0, 0.05) is 21.4 Å². The van der Waals surface area contributed by atoms with Gasteiger partial charge >= 0.3 is 17.2 Å². The summed E-state index contributed by atoms with van der Waals surface area (Å²) in [4.78, 5) is 56.0. The van der Waals surface area contributed by atoms with E-state index in [1.807, 2.05) is 0 Å². The third-order valence-electron chi connectivity index (χ3n) is 7.43. The number of nitrogens with zero attached hydrogens (tertiary/aromatic N) is 1. The molecule has 2 aliphatic heterocycles. The van der Waals surface area contributed by atoms with Gasteiger partial charge in [-0.1, -0.05) is 52.9 Å². The topological polar surface area (TPSA) is 109 Å². The van der Waals surface area contributed by atoms with E-state index in [1.165, 1.54) is 30.3 Å². The molecule has 2 aliphatic rings. The second kappa shape index (κ2) is 12.1. The lowest BCUT2D eigenvalue weighted by atomic mass is 9.82. The third kappa shape index (κ3) is 6.24. The number of rotatable bonds is 6. The number of aromatic amines is 1. The molecule has 1 saturated heterocycles. The summed E-state index contributed by atoms with van der Waals surface area (Å²) >= 11 is 7.95. The molecule has 0 bridgehead atoms. The molecule has 3 amide bonds. The first-order chi connectivity index (χ1) is 22.1. The zero-order valence-corrected chi connectivity index (χ0v) is 25.6. The largest absolute Gasteiger partial charge is 0.483 e. The molecule has 0 aliphatic carbocycles. The van der Waals surface area contributed by atoms with Crippen LogP contribution >= 0.6 is 34.7 Å². The number of hydrogen-bond donors (Lipinski definition) is 2. The van der Waals surface area contributed by atoms with Gasteiger partial charge in [0.15, 0.2) is 6.61 Å². The van der Waals surface area contributed by atoms with Gasteiger partial charge in [0.25, 0.3) is 5.91 Å². The van der Waals surface area contributed by atoms with E-state index in [1.54, 1.807) is 0 Å². The maximum Gasteiger partial charge on any atom is 0.418 e. The van der Waals surface area contributed by atoms with Gasteiger partial charge < -0.3 is 15.0 Å². The Morgan fingerprint density at radius 2 is 1.68 bits per heavy atom. The van der Waals surface area contributed by atoms with Crippen molar-refractivity contribution in [2.75, 3.05) is 16.8 Å². The maximum atomic E-state index is 14.0. The van der Waals surface area contributed by atoms with Crippen LogP contribution in [0.2, 0.25) is 5.02 Å². The minimum atomic E-state index is -4.75. The van der Waals surface area contributed by atoms with Gasteiger partial charge in [0.05, 0.1) is 33.4 Å². The molecule has 3 heterocycles. The van der Waals surface area contributed by atoms with E-state index in [0.29, 0.717) is 15.8 Å². The van der Waals surface area contributed by atoms with Gasteiger partial charge in [0.1, 0.15) is 11.0 Å². The fourth-order valence-electron chi connectivity index (χ4n) is 5.49. The number of benzene rings is 3. The van der Waals surface area contributed by atoms with Crippen LogP contribution in [0.15, 0.2) is 76.6 Å². The zero-order valence-electron chi connectivity index (χ0n) is 23.2. The van der Waals surface area contributed by atoms with Crippen LogP contribution in [0.1, 0.15) is 27.5 Å². The number of alkyl halides is 6. The first-order valence-corrected chi connectivity index (χ1v) is 15.5. The average molecular weight is 714 g/mol. The third-order valence-corrected chi connectivity index (χ3v) is 10.1. The van der Waals surface area contributed by atoms with Gasteiger partial charge in [-0.25, -0.2) is 4.90 Å². The number of H-pyrrole nitrogens is 1. The summed E-state index contributed by atoms with van der Waals surface area (Å²) in [6.07, 6.45) is -9.49. The fourth-order valence-corrected chi connectivity index (χ4v) is 8.18. The maximum absolute atomic E-state index is 14.0. The molecular formula is C30H18ClF6N3O5S2. The van der Waals surface area contributed by atoms with Crippen LogP contribution < -0.4 is 19.8 Å². The van der Waals surface area contributed by atoms with Crippen molar-refractivity contribution >= 4 is 63.8 Å². The van der Waals surface area contributed by atoms with Gasteiger partial charge in [0.2, 0.25) is 11.8 Å². The van der Waals surface area contributed by atoms with Crippen molar-refractivity contribution in [2.24, 2.45) is 5.92 Å². The average Bonchev–Trinajstić information content (AvgIpc) is 3.49. The molecule has 17 heteroatoms. The van der Waals surface area contributed by atoms with Gasteiger partial charge in [-0.05, 0) is 48.5 Å². The lowest BCUT2D eigenvalue weighted by Gasteiger charge is -2.31. The van der Waals surface area contributed by atoms with Crippen LogP contribution in [0, 0.1) is 5.92 Å². The highest BCUT2D eigenvalue weighted by molar-refractivity contribution is 8.00. The number of ether oxygens (including phenoxy) is 1. The molecule has 0 unspecified atom stereocenters. The monoisotopic (exact) mass is 713 g/mol. The Bertz CT molecular complexity index is 1980. The lowest BCUT2D eigenvalue weighted by Crippen LogP contribution is -2.32. The number of nitrogens with one attached hydrogen (secondary N) is 2. The van der Waals surface area contributed by atoms with E-state index >= 15 is 0 Å². The Labute approximate surface area is 273 Å². The Hall–Kier alpha value is -4.28. The van der Waals surface area contributed by atoms with Crippen LogP contribution in [0.3, 0.4) is 0 Å². The molecule has 47 heavy (non-hydrogen) atoms. The Kier molecular flexibility index (Phi) is 8.38. The number of halogens is 7. The molecule has 3 atom stereocenters. The van der Waals surface area contributed by atoms with E-state index in [2.05, 4.69) is 10.3 Å². The van der Waals surface area contributed by atoms with Crippen LogP contribution in [-0.2, 0) is 26.7 Å². The number of carbonyl (C=O) groups excluding carboxylic acids is 3. The smallest absolute Gasteiger partial charge is 0.418 e. The van der Waals surface area contributed by atoms with E-state index in [0.717, 1.165) is 53.4 Å². The van der Waals surface area contributed by atoms with Crippen molar-refractivity contribution in [3.8, 4) is 5.75 Å². The summed E-state index contributed by atoms with van der Waals surface area (Å²) in [6.45, 7) is -0.782. The molecule has 6 rings (SSSR count). The Morgan fingerprint density at radius 1 is 0.936 bits per heavy atom. The molecule has 2 N–H and O–H groups in total. The molecule has 1 fully saturated rings. The number of imide groups is 1. The van der Waals surface area contributed by atoms with Crippen molar-refractivity contribution in [3.05, 3.63) is 103 Å². The molecule has 3 aromatic carbocycles. The Balaban J connectivity index is 1.35. The standard InChI is InChI=1S/C30H18ClF6N3O5S2/c31-14-8-9-19(45-12-20(41)38-18-7-2-1-6-17(18)30(35,36)37)16(11-14)21-22-24(46-25-23(21)47-28(44)39-25)27(43)40(26(22)42)15-5-3-4-13(10-15)29(32,33)34/h1-11,21-22,24H,12H2,(H,38,41)(H,39,44)/t21-,22-,24+/m0/s1. The Morgan fingerprint density at radius 3 is 2.40 bits per heavy atom. The fraction of sp³-hybridized carbons (Fsp3) is 0.200. The second-order valence-corrected chi connectivity index (χ2v) is 13.0. The van der Waals surface area contributed by atoms with E-state index < -0.39 is 75.5 Å². The predicted octanol–water partition coefficient (Wildman–Crippen LogP) is 6.94. The summed E-state index contributed by atoms with van der Waals surface area (Å²) in [5, 5.41) is 1.39. The van der Waals surface area contributed by atoms with E-state index in [9.17, 15) is 45.5 Å². The highest BCUT2D eigenvalue weighted by Crippen LogP contribution is 2.55. The molecule has 0 saturated carbocycles. The van der Waals surface area contributed by atoms with E-state index in [-0.39, 0.29) is 27.0 Å². The predicted molar refractivity (Wildman–Crippen MR) is 161 cm³/mol. The number of hydrogen-bond acceptors (Lipinski definition) is 7. The van der Waals surface area contributed by atoms with Gasteiger partial charge in [-0.2, -0.15) is 26.3 Å². The lowest BCUT2D eigenvalue weighted by molar-refractivity contribution is -0.138. The zero-order chi connectivity index (χ0) is 33.8. The highest BCUT2D eigenvalue weighted by atomic mass is 35.5. The number of anilines is 2. The van der Waals surface area contributed by atoms with Gasteiger partial charge in [-0.15, -0.1) is 0 Å². The van der Waals surface area contributed by atoms with Crippen LogP contribution in [0.5, 0.6) is 5.75 Å².